The summed E-state index contributed by atoms with van der Waals surface area (Å²) in [6.07, 6.45) is 0. The van der Waals surface area contributed by atoms with Gasteiger partial charge < -0.3 is 5.32 Å². The van der Waals surface area contributed by atoms with Gasteiger partial charge in [0.05, 0.1) is 11.8 Å². The molecule has 0 bridgehead atoms. The van der Waals surface area contributed by atoms with Crippen LogP contribution in [0.5, 0.6) is 0 Å². The van der Waals surface area contributed by atoms with Crippen molar-refractivity contribution in [2.75, 3.05) is 5.75 Å². The topological polar surface area (TPSA) is 70.7 Å². The van der Waals surface area contributed by atoms with Gasteiger partial charge in [0.25, 0.3) is 0 Å². The molecule has 0 radical (unpaired) electrons. The van der Waals surface area contributed by atoms with Gasteiger partial charge in [-0.1, -0.05) is 60.3 Å². The van der Waals surface area contributed by atoms with Crippen molar-refractivity contribution in [2.45, 2.75) is 11.2 Å². The number of nitrogens with one attached hydrogen (secondary N) is 2. The number of hydrogen-bond donors (Lipinski definition) is 2. The Hall–Kier alpha value is -2.97. The van der Waals surface area contributed by atoms with E-state index in [9.17, 15) is 9.18 Å². The highest BCUT2D eigenvalue weighted by atomic mass is 32.2. The fourth-order valence-electron chi connectivity index (χ4n) is 2.80. The minimum Gasteiger partial charge on any atom is -0.344 e. The molecule has 1 amide bonds. The van der Waals surface area contributed by atoms with Crippen LogP contribution in [0.4, 0.5) is 4.39 Å². The number of carbonyl (C=O) groups excluding carboxylic acids is 1. The first kappa shape index (κ1) is 19.4. The van der Waals surface area contributed by atoms with Gasteiger partial charge in [0.2, 0.25) is 11.1 Å². The molecule has 8 heteroatoms. The number of aromatic amines is 1. The van der Waals surface area contributed by atoms with Crippen molar-refractivity contribution in [3.05, 3.63) is 88.4 Å². The second kappa shape index (κ2) is 9.02. The molecule has 2 heterocycles. The van der Waals surface area contributed by atoms with Crippen LogP contribution in [0, 0.1) is 5.82 Å². The van der Waals surface area contributed by atoms with Crippen LogP contribution in [-0.2, 0) is 4.79 Å². The minimum absolute atomic E-state index is 0.149. The van der Waals surface area contributed by atoms with Crippen LogP contribution in [-0.4, -0.2) is 26.8 Å². The highest BCUT2D eigenvalue weighted by molar-refractivity contribution is 7.99. The lowest BCUT2D eigenvalue weighted by molar-refractivity contribution is -0.119. The first-order chi connectivity index (χ1) is 14.2. The summed E-state index contributed by atoms with van der Waals surface area (Å²) in [5, 5.41) is 12.5. The maximum absolute atomic E-state index is 13.3. The zero-order chi connectivity index (χ0) is 20.1. The molecule has 0 aliphatic carbocycles. The minimum atomic E-state index is -0.323. The van der Waals surface area contributed by atoms with E-state index in [1.54, 1.807) is 23.5 Å². The first-order valence-corrected chi connectivity index (χ1v) is 10.7. The Kier molecular flexibility index (Phi) is 6.02. The number of H-pyrrole nitrogens is 1. The van der Waals surface area contributed by atoms with E-state index in [1.165, 1.54) is 23.9 Å². The van der Waals surface area contributed by atoms with Crippen LogP contribution >= 0.6 is 23.1 Å². The van der Waals surface area contributed by atoms with Crippen LogP contribution in [0.25, 0.3) is 11.4 Å². The van der Waals surface area contributed by atoms with Gasteiger partial charge in [0.1, 0.15) is 5.82 Å². The summed E-state index contributed by atoms with van der Waals surface area (Å²) >= 11 is 2.80. The molecular weight excluding hydrogens is 407 g/mol. The van der Waals surface area contributed by atoms with E-state index in [-0.39, 0.29) is 23.5 Å². The van der Waals surface area contributed by atoms with Gasteiger partial charge in [-0.2, -0.15) is 0 Å². The Balaban J connectivity index is 1.41. The molecule has 0 fully saturated rings. The fourth-order valence-corrected chi connectivity index (χ4v) is 4.21. The molecule has 2 N–H and O–H groups in total. The first-order valence-electron chi connectivity index (χ1n) is 8.88. The molecule has 0 saturated carbocycles. The molecule has 5 nitrogen and oxygen atoms in total. The van der Waals surface area contributed by atoms with Crippen LogP contribution in [0.2, 0.25) is 0 Å². The number of hydrogen-bond acceptors (Lipinski definition) is 5. The van der Waals surface area contributed by atoms with Crippen LogP contribution in [0.3, 0.4) is 0 Å². The summed E-state index contributed by atoms with van der Waals surface area (Å²) in [4.78, 5) is 18.0. The summed E-state index contributed by atoms with van der Waals surface area (Å²) in [5.74, 6) is 0.384. The van der Waals surface area contributed by atoms with E-state index in [0.717, 1.165) is 16.0 Å². The smallest absolute Gasteiger partial charge is 0.231 e. The molecule has 0 aliphatic rings. The van der Waals surface area contributed by atoms with Gasteiger partial charge in [0.15, 0.2) is 5.82 Å². The van der Waals surface area contributed by atoms with Crippen molar-refractivity contribution in [3.8, 4) is 11.4 Å². The van der Waals surface area contributed by atoms with Gasteiger partial charge in [-0.05, 0) is 29.1 Å². The molecule has 4 aromatic rings. The molecule has 146 valence electrons. The summed E-state index contributed by atoms with van der Waals surface area (Å²) in [6, 6.07) is 19.4. The monoisotopic (exact) mass is 424 g/mol. The largest absolute Gasteiger partial charge is 0.344 e. The molecule has 4 rings (SSSR count). The lowest BCUT2D eigenvalue weighted by Crippen LogP contribution is -2.30. The molecular formula is C21H17FN4OS2. The van der Waals surface area contributed by atoms with E-state index in [2.05, 4.69) is 20.5 Å². The van der Waals surface area contributed by atoms with Gasteiger partial charge in [-0.25, -0.2) is 9.37 Å². The van der Waals surface area contributed by atoms with Gasteiger partial charge >= 0.3 is 0 Å². The lowest BCUT2D eigenvalue weighted by Gasteiger charge is -2.18. The van der Waals surface area contributed by atoms with Crippen LogP contribution < -0.4 is 5.32 Å². The number of carbonyl (C=O) groups is 1. The standard InChI is InChI=1S/C21H17FN4OS2/c22-16-10-8-14(9-11-16)19(17-7-4-12-28-17)23-18(27)13-29-21-24-20(25-26-21)15-5-2-1-3-6-15/h1-12,19H,13H2,(H,23,27)(H,24,25,26)/t19-/m0/s1. The Bertz CT molecular complexity index is 1070. The van der Waals surface area contributed by atoms with E-state index in [4.69, 9.17) is 0 Å². The van der Waals surface area contributed by atoms with Gasteiger partial charge in [-0.15, -0.1) is 16.4 Å². The number of nitrogens with zero attached hydrogens (tertiary/aromatic N) is 2. The molecule has 29 heavy (non-hydrogen) atoms. The number of thioether (sulfide) groups is 1. The molecule has 2 aromatic carbocycles. The average Bonchev–Trinajstić information content (AvgIpc) is 3.44. The Morgan fingerprint density at radius 3 is 2.62 bits per heavy atom. The van der Waals surface area contributed by atoms with Crippen molar-refractivity contribution in [1.82, 2.24) is 20.5 Å². The average molecular weight is 425 g/mol. The highest BCUT2D eigenvalue weighted by Crippen LogP contribution is 2.27. The predicted molar refractivity (Wildman–Crippen MR) is 113 cm³/mol. The third kappa shape index (κ3) is 4.90. The number of rotatable bonds is 7. The lowest BCUT2D eigenvalue weighted by atomic mass is 10.1. The number of aromatic nitrogens is 3. The van der Waals surface area contributed by atoms with Crippen molar-refractivity contribution >= 4 is 29.0 Å². The number of amides is 1. The summed E-state index contributed by atoms with van der Waals surface area (Å²) < 4.78 is 13.3. The third-order valence-electron chi connectivity index (χ3n) is 4.18. The zero-order valence-corrected chi connectivity index (χ0v) is 16.8. The maximum Gasteiger partial charge on any atom is 0.231 e. The number of thiophene rings is 1. The van der Waals surface area contributed by atoms with Crippen molar-refractivity contribution < 1.29 is 9.18 Å². The molecule has 1 atom stereocenters. The van der Waals surface area contributed by atoms with E-state index in [0.29, 0.717) is 11.0 Å². The molecule has 0 aliphatic heterocycles. The number of benzene rings is 2. The normalized spacial score (nSPS) is 11.9. The van der Waals surface area contributed by atoms with E-state index < -0.39 is 0 Å². The van der Waals surface area contributed by atoms with E-state index in [1.807, 2.05) is 47.8 Å². The maximum atomic E-state index is 13.3. The van der Waals surface area contributed by atoms with Gasteiger partial charge in [0, 0.05) is 10.4 Å². The van der Waals surface area contributed by atoms with Crippen molar-refractivity contribution in [3.63, 3.8) is 0 Å². The molecule has 0 saturated heterocycles. The van der Waals surface area contributed by atoms with Crippen molar-refractivity contribution in [2.24, 2.45) is 0 Å². The van der Waals surface area contributed by atoms with Gasteiger partial charge in [-0.3, -0.25) is 9.89 Å². The van der Waals surface area contributed by atoms with Crippen LogP contribution in [0.15, 0.2) is 77.3 Å². The Morgan fingerprint density at radius 2 is 1.90 bits per heavy atom. The number of halogens is 1. The molecule has 0 spiro atoms. The summed E-state index contributed by atoms with van der Waals surface area (Å²) in [5.41, 5.74) is 1.77. The highest BCUT2D eigenvalue weighted by Gasteiger charge is 2.18. The van der Waals surface area contributed by atoms with Crippen LogP contribution in [0.1, 0.15) is 16.5 Å². The predicted octanol–water partition coefficient (Wildman–Crippen LogP) is 4.67. The Morgan fingerprint density at radius 1 is 1.10 bits per heavy atom. The van der Waals surface area contributed by atoms with E-state index >= 15 is 0 Å². The molecule has 2 aromatic heterocycles. The quantitative estimate of drug-likeness (QED) is 0.423. The second-order valence-corrected chi connectivity index (χ2v) is 8.11. The Labute approximate surface area is 175 Å². The summed E-state index contributed by atoms with van der Waals surface area (Å²) in [6.45, 7) is 0. The third-order valence-corrected chi connectivity index (χ3v) is 5.97. The molecule has 0 unspecified atom stereocenters. The van der Waals surface area contributed by atoms with Crippen molar-refractivity contribution in [1.29, 1.82) is 0 Å². The SMILES string of the molecule is O=C(CSc1n[nH]c(-c2ccccc2)n1)N[C@@H](c1ccc(F)cc1)c1cccs1. The summed E-state index contributed by atoms with van der Waals surface area (Å²) in [7, 11) is 0. The zero-order valence-electron chi connectivity index (χ0n) is 15.2. The second-order valence-electron chi connectivity index (χ2n) is 6.19. The fraction of sp³-hybridized carbons (Fsp3) is 0.0952.